The van der Waals surface area contributed by atoms with E-state index in [1.165, 1.54) is 0 Å². The molecule has 0 bridgehead atoms. The van der Waals surface area contributed by atoms with E-state index in [4.69, 9.17) is 16.3 Å². The van der Waals surface area contributed by atoms with Gasteiger partial charge in [-0.05, 0) is 41.0 Å². The molecule has 0 aromatic heterocycles. The molecule has 3 aromatic rings. The van der Waals surface area contributed by atoms with E-state index in [1.807, 2.05) is 66.7 Å². The van der Waals surface area contributed by atoms with Crippen molar-refractivity contribution in [3.8, 4) is 5.75 Å². The number of hydrogen-bond acceptors (Lipinski definition) is 4. The number of rotatable bonds is 11. The lowest BCUT2D eigenvalue weighted by Gasteiger charge is -2.31. The number of aliphatic hydroxyl groups is 1. The summed E-state index contributed by atoms with van der Waals surface area (Å²) in [7, 11) is 1.60. The molecule has 3 aromatic carbocycles. The number of hydrogen-bond donors (Lipinski definition) is 2. The van der Waals surface area contributed by atoms with Crippen LogP contribution in [0.25, 0.3) is 0 Å². The predicted molar refractivity (Wildman–Crippen MR) is 133 cm³/mol. The fourth-order valence-electron chi connectivity index (χ4n) is 3.66. The molecule has 0 saturated carbocycles. The van der Waals surface area contributed by atoms with Crippen LogP contribution in [0, 0.1) is 0 Å². The highest BCUT2D eigenvalue weighted by atomic mass is 35.5. The number of halogens is 1. The fraction of sp³-hybridized carbons (Fsp3) is 0.259. The van der Waals surface area contributed by atoms with Gasteiger partial charge in [-0.3, -0.25) is 9.59 Å². The van der Waals surface area contributed by atoms with Gasteiger partial charge in [-0.1, -0.05) is 66.2 Å². The molecule has 0 radical (unpaired) electrons. The van der Waals surface area contributed by atoms with E-state index in [2.05, 4.69) is 5.32 Å². The SMILES string of the molecule is COc1ccc(CN(C(=O)Cc2ccc(Cl)cc2)[C@H](Cc2ccccc2)C(=O)NCCO)cc1. The molecule has 7 heteroatoms. The minimum Gasteiger partial charge on any atom is -0.497 e. The molecule has 0 aliphatic heterocycles. The van der Waals surface area contributed by atoms with Crippen LogP contribution in [0.15, 0.2) is 78.9 Å². The summed E-state index contributed by atoms with van der Waals surface area (Å²) in [5.74, 6) is 0.221. The van der Waals surface area contributed by atoms with Crippen LogP contribution in [0.4, 0.5) is 0 Å². The van der Waals surface area contributed by atoms with E-state index in [0.717, 1.165) is 16.7 Å². The molecule has 0 aliphatic rings. The Morgan fingerprint density at radius 3 is 2.21 bits per heavy atom. The standard InChI is InChI=1S/C27H29ClN2O4/c1-34-24-13-9-22(10-14-24)19-30(26(32)18-21-7-11-23(28)12-8-21)25(27(33)29-15-16-31)17-20-5-3-2-4-6-20/h2-14,25,31H,15-19H2,1H3,(H,29,33)/t25-/m1/s1. The summed E-state index contributed by atoms with van der Waals surface area (Å²) < 4.78 is 5.24. The quantitative estimate of drug-likeness (QED) is 0.439. The first-order chi connectivity index (χ1) is 16.5. The van der Waals surface area contributed by atoms with Gasteiger partial charge in [-0.15, -0.1) is 0 Å². The minimum absolute atomic E-state index is 0.117. The molecule has 0 heterocycles. The molecule has 0 saturated heterocycles. The molecule has 0 fully saturated rings. The first-order valence-electron chi connectivity index (χ1n) is 11.1. The van der Waals surface area contributed by atoms with Crippen molar-refractivity contribution in [1.29, 1.82) is 0 Å². The van der Waals surface area contributed by atoms with Gasteiger partial charge >= 0.3 is 0 Å². The minimum atomic E-state index is -0.754. The number of nitrogens with zero attached hydrogens (tertiary/aromatic N) is 1. The molecule has 0 aliphatic carbocycles. The number of nitrogens with one attached hydrogen (secondary N) is 1. The number of methoxy groups -OCH3 is 1. The number of aliphatic hydroxyl groups excluding tert-OH is 1. The zero-order chi connectivity index (χ0) is 24.3. The Kier molecular flexibility index (Phi) is 9.50. The van der Waals surface area contributed by atoms with Crippen molar-refractivity contribution in [3.05, 3.63) is 101 Å². The van der Waals surface area contributed by atoms with Crippen LogP contribution in [0.3, 0.4) is 0 Å². The molecule has 0 unspecified atom stereocenters. The summed E-state index contributed by atoms with van der Waals surface area (Å²) in [5, 5.41) is 12.6. The zero-order valence-corrected chi connectivity index (χ0v) is 19.9. The molecule has 3 rings (SSSR count). The fourth-order valence-corrected chi connectivity index (χ4v) is 3.78. The molecule has 0 spiro atoms. The van der Waals surface area contributed by atoms with Crippen LogP contribution in [-0.2, 0) is 29.0 Å². The van der Waals surface area contributed by atoms with E-state index in [0.29, 0.717) is 17.2 Å². The first kappa shape index (κ1) is 25.3. The van der Waals surface area contributed by atoms with E-state index in [9.17, 15) is 14.7 Å². The van der Waals surface area contributed by atoms with Gasteiger partial charge in [0.05, 0.1) is 20.1 Å². The highest BCUT2D eigenvalue weighted by Crippen LogP contribution is 2.19. The zero-order valence-electron chi connectivity index (χ0n) is 19.1. The molecule has 1 atom stereocenters. The maximum absolute atomic E-state index is 13.6. The van der Waals surface area contributed by atoms with Crippen molar-refractivity contribution in [2.24, 2.45) is 0 Å². The maximum Gasteiger partial charge on any atom is 0.243 e. The second kappa shape index (κ2) is 12.8. The summed E-state index contributed by atoms with van der Waals surface area (Å²) in [6, 6.07) is 23.4. The van der Waals surface area contributed by atoms with Gasteiger partial charge in [0.15, 0.2) is 0 Å². The van der Waals surface area contributed by atoms with Crippen molar-refractivity contribution >= 4 is 23.4 Å². The van der Waals surface area contributed by atoms with Gasteiger partial charge < -0.3 is 20.1 Å². The van der Waals surface area contributed by atoms with Gasteiger partial charge in [0, 0.05) is 24.5 Å². The Balaban J connectivity index is 1.93. The third-order valence-electron chi connectivity index (χ3n) is 5.46. The normalized spacial score (nSPS) is 11.5. The van der Waals surface area contributed by atoms with Crippen LogP contribution < -0.4 is 10.1 Å². The Morgan fingerprint density at radius 2 is 1.59 bits per heavy atom. The first-order valence-corrected chi connectivity index (χ1v) is 11.5. The van der Waals surface area contributed by atoms with Crippen LogP contribution in [0.5, 0.6) is 5.75 Å². The van der Waals surface area contributed by atoms with Crippen molar-refractivity contribution in [3.63, 3.8) is 0 Å². The van der Waals surface area contributed by atoms with Crippen LogP contribution in [-0.4, -0.2) is 48.1 Å². The average molecular weight is 481 g/mol. The second-order valence-electron chi connectivity index (χ2n) is 7.89. The average Bonchev–Trinajstić information content (AvgIpc) is 2.87. The van der Waals surface area contributed by atoms with E-state index in [-0.39, 0.29) is 37.9 Å². The van der Waals surface area contributed by atoms with E-state index < -0.39 is 6.04 Å². The van der Waals surface area contributed by atoms with Crippen molar-refractivity contribution < 1.29 is 19.4 Å². The summed E-state index contributed by atoms with van der Waals surface area (Å²) >= 11 is 5.99. The summed E-state index contributed by atoms with van der Waals surface area (Å²) in [6.45, 7) is 0.188. The van der Waals surface area contributed by atoms with E-state index in [1.54, 1.807) is 24.1 Å². The lowest BCUT2D eigenvalue weighted by Crippen LogP contribution is -2.51. The monoisotopic (exact) mass is 480 g/mol. The topological polar surface area (TPSA) is 78.9 Å². The van der Waals surface area contributed by atoms with Gasteiger partial charge in [0.25, 0.3) is 0 Å². The molecule has 2 amide bonds. The predicted octanol–water partition coefficient (Wildman–Crippen LogP) is 3.64. The van der Waals surface area contributed by atoms with Gasteiger partial charge in [-0.2, -0.15) is 0 Å². The maximum atomic E-state index is 13.6. The highest BCUT2D eigenvalue weighted by Gasteiger charge is 2.30. The summed E-state index contributed by atoms with van der Waals surface area (Å²) in [6.07, 6.45) is 0.479. The number of ether oxygens (including phenoxy) is 1. The molecular formula is C27H29ClN2O4. The number of carbonyl (C=O) groups excluding carboxylic acids is 2. The third-order valence-corrected chi connectivity index (χ3v) is 5.71. The summed E-state index contributed by atoms with van der Waals surface area (Å²) in [4.78, 5) is 28.4. The van der Waals surface area contributed by atoms with Crippen molar-refractivity contribution in [1.82, 2.24) is 10.2 Å². The van der Waals surface area contributed by atoms with Crippen LogP contribution in [0.1, 0.15) is 16.7 Å². The van der Waals surface area contributed by atoms with Crippen molar-refractivity contribution in [2.45, 2.75) is 25.4 Å². The number of benzene rings is 3. The molecule has 2 N–H and O–H groups in total. The van der Waals surface area contributed by atoms with Gasteiger partial charge in [0.1, 0.15) is 11.8 Å². The Bertz CT molecular complexity index is 1060. The lowest BCUT2D eigenvalue weighted by molar-refractivity contribution is -0.140. The number of carbonyl (C=O) groups is 2. The Morgan fingerprint density at radius 1 is 0.941 bits per heavy atom. The van der Waals surface area contributed by atoms with E-state index >= 15 is 0 Å². The lowest BCUT2D eigenvalue weighted by atomic mass is 10.0. The van der Waals surface area contributed by atoms with Crippen LogP contribution in [0.2, 0.25) is 5.02 Å². The largest absolute Gasteiger partial charge is 0.497 e. The molecule has 178 valence electrons. The second-order valence-corrected chi connectivity index (χ2v) is 8.33. The Hall–Kier alpha value is -3.35. The highest BCUT2D eigenvalue weighted by molar-refractivity contribution is 6.30. The molecule has 6 nitrogen and oxygen atoms in total. The number of amides is 2. The smallest absolute Gasteiger partial charge is 0.243 e. The summed E-state index contributed by atoms with van der Waals surface area (Å²) in [5.41, 5.74) is 2.62. The van der Waals surface area contributed by atoms with Crippen LogP contribution >= 0.6 is 11.6 Å². The Labute approximate surface area is 205 Å². The van der Waals surface area contributed by atoms with Gasteiger partial charge in [0.2, 0.25) is 11.8 Å². The van der Waals surface area contributed by atoms with Gasteiger partial charge in [-0.25, -0.2) is 0 Å². The molecular weight excluding hydrogens is 452 g/mol. The third kappa shape index (κ3) is 7.33. The molecule has 34 heavy (non-hydrogen) atoms. The van der Waals surface area contributed by atoms with Crippen molar-refractivity contribution in [2.75, 3.05) is 20.3 Å².